The van der Waals surface area contributed by atoms with Crippen molar-refractivity contribution in [1.82, 2.24) is 4.31 Å². The van der Waals surface area contributed by atoms with Gasteiger partial charge in [-0.05, 0) is 25.0 Å². The maximum absolute atomic E-state index is 12.6. The van der Waals surface area contributed by atoms with Crippen LogP contribution in [-0.4, -0.2) is 55.0 Å². The van der Waals surface area contributed by atoms with Crippen molar-refractivity contribution in [2.75, 3.05) is 31.1 Å². The van der Waals surface area contributed by atoms with Crippen LogP contribution < -0.4 is 4.90 Å². The van der Waals surface area contributed by atoms with E-state index in [2.05, 4.69) is 0 Å². The van der Waals surface area contributed by atoms with Gasteiger partial charge >= 0.3 is 0 Å². The molecule has 0 amide bonds. The van der Waals surface area contributed by atoms with Crippen LogP contribution in [0.1, 0.15) is 26.7 Å². The SMILES string of the molecule is CCN(CC)S(=O)(=O)c1ccc(N2CCC[C@@H]2CO)c([N+](=O)[O-])c1. The van der Waals surface area contributed by atoms with Gasteiger partial charge < -0.3 is 10.0 Å². The molecular weight excluding hydrogens is 334 g/mol. The summed E-state index contributed by atoms with van der Waals surface area (Å²) in [5.74, 6) is 0. The number of anilines is 1. The topological polar surface area (TPSA) is 104 Å². The summed E-state index contributed by atoms with van der Waals surface area (Å²) < 4.78 is 26.4. The van der Waals surface area contributed by atoms with Gasteiger partial charge in [0.1, 0.15) is 5.69 Å². The fraction of sp³-hybridized carbons (Fsp3) is 0.600. The van der Waals surface area contributed by atoms with Crippen molar-refractivity contribution in [2.45, 2.75) is 37.6 Å². The zero-order valence-electron chi connectivity index (χ0n) is 13.9. The summed E-state index contributed by atoms with van der Waals surface area (Å²) in [7, 11) is -3.76. The van der Waals surface area contributed by atoms with Crippen LogP contribution in [0.25, 0.3) is 0 Å². The maximum atomic E-state index is 12.6. The van der Waals surface area contributed by atoms with E-state index in [1.54, 1.807) is 18.7 Å². The van der Waals surface area contributed by atoms with Crippen molar-refractivity contribution in [3.8, 4) is 0 Å². The number of hydrogen-bond donors (Lipinski definition) is 1. The largest absolute Gasteiger partial charge is 0.394 e. The Kier molecular flexibility index (Phi) is 5.79. The summed E-state index contributed by atoms with van der Waals surface area (Å²) in [6, 6.07) is 3.83. The van der Waals surface area contributed by atoms with Crippen molar-refractivity contribution < 1.29 is 18.4 Å². The highest BCUT2D eigenvalue weighted by atomic mass is 32.2. The second-order valence-corrected chi connectivity index (χ2v) is 7.61. The van der Waals surface area contributed by atoms with Crippen LogP contribution >= 0.6 is 0 Å². The highest BCUT2D eigenvalue weighted by molar-refractivity contribution is 7.89. The summed E-state index contributed by atoms with van der Waals surface area (Å²) in [5.41, 5.74) is 0.110. The number of nitro groups is 1. The van der Waals surface area contributed by atoms with Crippen LogP contribution in [0.15, 0.2) is 23.1 Å². The van der Waals surface area contributed by atoms with Gasteiger partial charge in [0.05, 0.1) is 22.5 Å². The van der Waals surface area contributed by atoms with Crippen LogP contribution in [0, 0.1) is 10.1 Å². The maximum Gasteiger partial charge on any atom is 0.293 e. The average molecular weight is 357 g/mol. The Morgan fingerprint density at radius 2 is 2.04 bits per heavy atom. The lowest BCUT2D eigenvalue weighted by Gasteiger charge is -2.25. The molecule has 0 aromatic heterocycles. The molecule has 9 heteroatoms. The van der Waals surface area contributed by atoms with Crippen molar-refractivity contribution in [2.24, 2.45) is 0 Å². The number of aliphatic hydroxyl groups is 1. The summed E-state index contributed by atoms with van der Waals surface area (Å²) in [6.07, 6.45) is 1.59. The van der Waals surface area contributed by atoms with Gasteiger partial charge in [0.25, 0.3) is 5.69 Å². The molecular formula is C15H23N3O5S. The van der Waals surface area contributed by atoms with E-state index in [1.165, 1.54) is 16.4 Å². The molecule has 0 spiro atoms. The molecule has 0 saturated carbocycles. The normalized spacial score (nSPS) is 18.3. The van der Waals surface area contributed by atoms with E-state index in [1.807, 2.05) is 0 Å². The highest BCUT2D eigenvalue weighted by Gasteiger charge is 2.31. The lowest BCUT2D eigenvalue weighted by Crippen LogP contribution is -2.33. The minimum absolute atomic E-state index is 0.0820. The molecule has 134 valence electrons. The second-order valence-electron chi connectivity index (χ2n) is 5.67. The Morgan fingerprint density at radius 1 is 1.38 bits per heavy atom. The molecule has 1 aliphatic rings. The van der Waals surface area contributed by atoms with Gasteiger partial charge in [-0.25, -0.2) is 8.42 Å². The first-order valence-corrected chi connectivity index (χ1v) is 9.46. The zero-order chi connectivity index (χ0) is 17.9. The summed E-state index contributed by atoms with van der Waals surface area (Å²) in [5, 5.41) is 20.9. The summed E-state index contributed by atoms with van der Waals surface area (Å²) in [6.45, 7) is 4.56. The second kappa shape index (κ2) is 7.45. The molecule has 0 radical (unpaired) electrons. The third-order valence-corrected chi connectivity index (χ3v) is 6.43. The minimum Gasteiger partial charge on any atom is -0.394 e. The van der Waals surface area contributed by atoms with E-state index < -0.39 is 14.9 Å². The van der Waals surface area contributed by atoms with Crippen LogP contribution in [0.5, 0.6) is 0 Å². The van der Waals surface area contributed by atoms with E-state index in [0.717, 1.165) is 18.9 Å². The van der Waals surface area contributed by atoms with E-state index >= 15 is 0 Å². The number of aliphatic hydroxyl groups excluding tert-OH is 1. The standard InChI is InChI=1S/C15H23N3O5S/c1-3-16(4-2)24(22,23)13-7-8-14(15(10-13)18(20)21)17-9-5-6-12(17)11-19/h7-8,10,12,19H,3-6,9,11H2,1-2H3/t12-/m1/s1. The third-order valence-electron chi connectivity index (χ3n) is 4.38. The van der Waals surface area contributed by atoms with E-state index in [9.17, 15) is 23.6 Å². The Labute approximate surface area is 141 Å². The molecule has 1 fully saturated rings. The van der Waals surface area contributed by atoms with Crippen LogP contribution in [0.3, 0.4) is 0 Å². The summed E-state index contributed by atoms with van der Waals surface area (Å²) in [4.78, 5) is 12.6. The monoisotopic (exact) mass is 357 g/mol. The van der Waals surface area contributed by atoms with Crippen LogP contribution in [0.4, 0.5) is 11.4 Å². The molecule has 1 aromatic carbocycles. The minimum atomic E-state index is -3.76. The van der Waals surface area contributed by atoms with Gasteiger partial charge in [-0.1, -0.05) is 13.8 Å². The van der Waals surface area contributed by atoms with Gasteiger partial charge in [-0.3, -0.25) is 10.1 Å². The first-order valence-electron chi connectivity index (χ1n) is 8.02. The number of rotatable bonds is 7. The molecule has 2 rings (SSSR count). The number of nitro benzene ring substituents is 1. The molecule has 24 heavy (non-hydrogen) atoms. The Morgan fingerprint density at radius 3 is 2.58 bits per heavy atom. The smallest absolute Gasteiger partial charge is 0.293 e. The Hall–Kier alpha value is -1.71. The van der Waals surface area contributed by atoms with Crippen molar-refractivity contribution in [1.29, 1.82) is 0 Å². The van der Waals surface area contributed by atoms with Gasteiger partial charge in [-0.2, -0.15) is 4.31 Å². The highest BCUT2D eigenvalue weighted by Crippen LogP contribution is 2.35. The van der Waals surface area contributed by atoms with Crippen LogP contribution in [-0.2, 0) is 10.0 Å². The summed E-state index contributed by atoms with van der Waals surface area (Å²) >= 11 is 0. The fourth-order valence-corrected chi connectivity index (χ4v) is 4.59. The average Bonchev–Trinajstić information content (AvgIpc) is 3.03. The van der Waals surface area contributed by atoms with Crippen molar-refractivity contribution in [3.05, 3.63) is 28.3 Å². The molecule has 1 atom stereocenters. The van der Waals surface area contributed by atoms with E-state index in [-0.39, 0.29) is 23.2 Å². The molecule has 1 N–H and O–H groups in total. The first-order chi connectivity index (χ1) is 11.4. The predicted octanol–water partition coefficient (Wildman–Crippen LogP) is 1.59. The molecule has 1 aliphatic heterocycles. The fourth-order valence-electron chi connectivity index (χ4n) is 3.11. The molecule has 8 nitrogen and oxygen atoms in total. The third kappa shape index (κ3) is 3.38. The quantitative estimate of drug-likeness (QED) is 0.587. The molecule has 1 aromatic rings. The van der Waals surface area contributed by atoms with Crippen LogP contribution in [0.2, 0.25) is 0 Å². The van der Waals surface area contributed by atoms with Crippen molar-refractivity contribution in [3.63, 3.8) is 0 Å². The Bertz CT molecular complexity index is 703. The number of nitrogens with zero attached hydrogens (tertiary/aromatic N) is 3. The van der Waals surface area contributed by atoms with Crippen molar-refractivity contribution >= 4 is 21.4 Å². The number of hydrogen-bond acceptors (Lipinski definition) is 6. The molecule has 1 saturated heterocycles. The van der Waals surface area contributed by atoms with Gasteiger partial charge in [0.15, 0.2) is 0 Å². The lowest BCUT2D eigenvalue weighted by atomic mass is 10.2. The molecule has 1 heterocycles. The molecule has 0 bridgehead atoms. The zero-order valence-corrected chi connectivity index (χ0v) is 14.7. The van der Waals surface area contributed by atoms with Gasteiger partial charge in [0, 0.05) is 25.7 Å². The van der Waals surface area contributed by atoms with E-state index in [0.29, 0.717) is 25.3 Å². The van der Waals surface area contributed by atoms with Gasteiger partial charge in [-0.15, -0.1) is 0 Å². The number of benzene rings is 1. The molecule has 0 unspecified atom stereocenters. The Balaban J connectivity index is 2.50. The molecule has 0 aliphatic carbocycles. The predicted molar refractivity (Wildman–Crippen MR) is 90.7 cm³/mol. The number of sulfonamides is 1. The lowest BCUT2D eigenvalue weighted by molar-refractivity contribution is -0.384. The van der Waals surface area contributed by atoms with E-state index in [4.69, 9.17) is 0 Å². The van der Waals surface area contributed by atoms with Gasteiger partial charge in [0.2, 0.25) is 10.0 Å². The first kappa shape index (κ1) is 18.6.